The maximum atomic E-state index is 11.0. The van der Waals surface area contributed by atoms with Gasteiger partial charge in [-0.05, 0) is 12.8 Å². The van der Waals surface area contributed by atoms with Crippen LogP contribution in [0.3, 0.4) is 0 Å². The standard InChI is InChI=1S/C10H16N2O/c1-2-3-7-11-9-4-5-10(13)12-8-6-9/h1,9,11H,3-8H2,(H,12,13). The van der Waals surface area contributed by atoms with E-state index >= 15 is 0 Å². The Hall–Kier alpha value is -1.01. The van der Waals surface area contributed by atoms with Crippen molar-refractivity contribution in [2.45, 2.75) is 31.7 Å². The van der Waals surface area contributed by atoms with E-state index in [0.717, 1.165) is 32.4 Å². The third kappa shape index (κ3) is 3.95. The molecule has 1 amide bonds. The molecule has 1 rings (SSSR count). The molecular formula is C10H16N2O. The van der Waals surface area contributed by atoms with Gasteiger partial charge in [-0.25, -0.2) is 0 Å². The molecule has 2 N–H and O–H groups in total. The molecule has 0 aliphatic carbocycles. The molecule has 72 valence electrons. The van der Waals surface area contributed by atoms with Gasteiger partial charge in [0.1, 0.15) is 0 Å². The van der Waals surface area contributed by atoms with Gasteiger partial charge in [-0.3, -0.25) is 4.79 Å². The third-order valence-corrected chi connectivity index (χ3v) is 2.24. The summed E-state index contributed by atoms with van der Waals surface area (Å²) < 4.78 is 0. The number of amides is 1. The summed E-state index contributed by atoms with van der Waals surface area (Å²) in [5.41, 5.74) is 0. The van der Waals surface area contributed by atoms with Crippen molar-refractivity contribution in [2.75, 3.05) is 13.1 Å². The molecule has 0 bridgehead atoms. The van der Waals surface area contributed by atoms with Gasteiger partial charge in [0, 0.05) is 32.0 Å². The van der Waals surface area contributed by atoms with Crippen molar-refractivity contribution >= 4 is 5.91 Å². The van der Waals surface area contributed by atoms with Gasteiger partial charge < -0.3 is 10.6 Å². The molecule has 13 heavy (non-hydrogen) atoms. The Bertz CT molecular complexity index is 207. The molecule has 0 spiro atoms. The number of carbonyl (C=O) groups excluding carboxylic acids is 1. The maximum absolute atomic E-state index is 11.0. The zero-order chi connectivity index (χ0) is 9.52. The molecule has 0 radical (unpaired) electrons. The van der Waals surface area contributed by atoms with Crippen LogP contribution in [-0.2, 0) is 4.79 Å². The van der Waals surface area contributed by atoms with Gasteiger partial charge in [-0.15, -0.1) is 12.3 Å². The number of hydrogen-bond donors (Lipinski definition) is 2. The normalized spacial score (nSPS) is 23.0. The van der Waals surface area contributed by atoms with Crippen molar-refractivity contribution in [1.29, 1.82) is 0 Å². The van der Waals surface area contributed by atoms with E-state index in [1.54, 1.807) is 0 Å². The highest BCUT2D eigenvalue weighted by molar-refractivity contribution is 5.76. The van der Waals surface area contributed by atoms with Crippen LogP contribution in [0, 0.1) is 12.3 Å². The van der Waals surface area contributed by atoms with Crippen LogP contribution in [0.5, 0.6) is 0 Å². The molecule has 1 aliphatic rings. The zero-order valence-electron chi connectivity index (χ0n) is 7.81. The van der Waals surface area contributed by atoms with Crippen molar-refractivity contribution in [3.8, 4) is 12.3 Å². The third-order valence-electron chi connectivity index (χ3n) is 2.24. The summed E-state index contributed by atoms with van der Waals surface area (Å²) in [5.74, 6) is 2.75. The predicted molar refractivity (Wildman–Crippen MR) is 52.1 cm³/mol. The summed E-state index contributed by atoms with van der Waals surface area (Å²) in [6.45, 7) is 1.64. The number of terminal acetylenes is 1. The highest BCUT2D eigenvalue weighted by Crippen LogP contribution is 2.05. The van der Waals surface area contributed by atoms with E-state index < -0.39 is 0 Å². The van der Waals surface area contributed by atoms with Crippen molar-refractivity contribution in [3.05, 3.63) is 0 Å². The van der Waals surface area contributed by atoms with Crippen molar-refractivity contribution in [2.24, 2.45) is 0 Å². The van der Waals surface area contributed by atoms with Crippen LogP contribution in [0.2, 0.25) is 0 Å². The van der Waals surface area contributed by atoms with E-state index in [4.69, 9.17) is 6.42 Å². The molecule has 1 unspecified atom stereocenters. The molecule has 3 heteroatoms. The molecule has 0 aromatic heterocycles. The Kier molecular flexibility index (Phi) is 4.34. The lowest BCUT2D eigenvalue weighted by Crippen LogP contribution is -2.30. The van der Waals surface area contributed by atoms with Gasteiger partial charge in [0.15, 0.2) is 0 Å². The summed E-state index contributed by atoms with van der Waals surface area (Å²) in [4.78, 5) is 11.0. The minimum atomic E-state index is 0.168. The summed E-state index contributed by atoms with van der Waals surface area (Å²) in [6, 6.07) is 0.451. The molecule has 1 aliphatic heterocycles. The van der Waals surface area contributed by atoms with Gasteiger partial charge in [-0.1, -0.05) is 0 Å². The average molecular weight is 180 g/mol. The van der Waals surface area contributed by atoms with Gasteiger partial charge in [0.2, 0.25) is 5.91 Å². The molecule has 0 saturated carbocycles. The van der Waals surface area contributed by atoms with Crippen molar-refractivity contribution in [3.63, 3.8) is 0 Å². The first kappa shape index (κ1) is 10.1. The Morgan fingerprint density at radius 3 is 3.23 bits per heavy atom. The van der Waals surface area contributed by atoms with E-state index in [0.29, 0.717) is 12.5 Å². The van der Waals surface area contributed by atoms with Crippen molar-refractivity contribution < 1.29 is 4.79 Å². The molecule has 1 heterocycles. The number of hydrogen-bond acceptors (Lipinski definition) is 2. The van der Waals surface area contributed by atoms with E-state index in [9.17, 15) is 4.79 Å². The van der Waals surface area contributed by atoms with Crippen LogP contribution in [0.25, 0.3) is 0 Å². The van der Waals surface area contributed by atoms with E-state index in [2.05, 4.69) is 16.6 Å². The predicted octanol–water partition coefficient (Wildman–Crippen LogP) is 0.268. The fourth-order valence-electron chi connectivity index (χ4n) is 1.48. The fourth-order valence-corrected chi connectivity index (χ4v) is 1.48. The fraction of sp³-hybridized carbons (Fsp3) is 0.700. The second-order valence-electron chi connectivity index (χ2n) is 3.28. The quantitative estimate of drug-likeness (QED) is 0.483. The SMILES string of the molecule is C#CCCNC1CCNC(=O)CC1. The smallest absolute Gasteiger partial charge is 0.220 e. The summed E-state index contributed by atoms with van der Waals surface area (Å²) >= 11 is 0. The van der Waals surface area contributed by atoms with Crippen LogP contribution in [0.15, 0.2) is 0 Å². The van der Waals surface area contributed by atoms with Crippen LogP contribution in [-0.4, -0.2) is 25.0 Å². The highest BCUT2D eigenvalue weighted by Gasteiger charge is 2.14. The second kappa shape index (κ2) is 5.60. The topological polar surface area (TPSA) is 41.1 Å². The van der Waals surface area contributed by atoms with Crippen LogP contribution >= 0.6 is 0 Å². The Balaban J connectivity index is 2.19. The minimum absolute atomic E-state index is 0.168. The average Bonchev–Trinajstić information content (AvgIpc) is 2.32. The Morgan fingerprint density at radius 1 is 1.62 bits per heavy atom. The number of carbonyl (C=O) groups is 1. The minimum Gasteiger partial charge on any atom is -0.356 e. The summed E-state index contributed by atoms with van der Waals surface area (Å²) in [5, 5.41) is 6.19. The molecule has 0 aromatic carbocycles. The van der Waals surface area contributed by atoms with Gasteiger partial charge in [0.25, 0.3) is 0 Å². The monoisotopic (exact) mass is 180 g/mol. The highest BCUT2D eigenvalue weighted by atomic mass is 16.1. The van der Waals surface area contributed by atoms with Gasteiger partial charge >= 0.3 is 0 Å². The Labute approximate surface area is 79.3 Å². The lowest BCUT2D eigenvalue weighted by Gasteiger charge is -2.13. The zero-order valence-corrected chi connectivity index (χ0v) is 7.81. The van der Waals surface area contributed by atoms with Crippen LogP contribution < -0.4 is 10.6 Å². The summed E-state index contributed by atoms with van der Waals surface area (Å²) in [6.07, 6.45) is 8.47. The van der Waals surface area contributed by atoms with Gasteiger partial charge in [-0.2, -0.15) is 0 Å². The molecule has 1 fully saturated rings. The molecule has 3 nitrogen and oxygen atoms in total. The van der Waals surface area contributed by atoms with Gasteiger partial charge in [0.05, 0.1) is 0 Å². The Morgan fingerprint density at radius 2 is 2.46 bits per heavy atom. The molecule has 1 atom stereocenters. The van der Waals surface area contributed by atoms with E-state index in [1.807, 2.05) is 0 Å². The number of rotatable bonds is 3. The maximum Gasteiger partial charge on any atom is 0.220 e. The molecule has 1 saturated heterocycles. The first-order valence-electron chi connectivity index (χ1n) is 4.76. The second-order valence-corrected chi connectivity index (χ2v) is 3.28. The first-order chi connectivity index (χ1) is 6.33. The number of nitrogens with one attached hydrogen (secondary N) is 2. The van der Waals surface area contributed by atoms with Crippen molar-refractivity contribution in [1.82, 2.24) is 10.6 Å². The largest absolute Gasteiger partial charge is 0.356 e. The van der Waals surface area contributed by atoms with E-state index in [-0.39, 0.29) is 5.91 Å². The lowest BCUT2D eigenvalue weighted by atomic mass is 10.1. The lowest BCUT2D eigenvalue weighted by molar-refractivity contribution is -0.120. The van der Waals surface area contributed by atoms with Crippen LogP contribution in [0.4, 0.5) is 0 Å². The molecular weight excluding hydrogens is 164 g/mol. The van der Waals surface area contributed by atoms with E-state index in [1.165, 1.54) is 0 Å². The summed E-state index contributed by atoms with van der Waals surface area (Å²) in [7, 11) is 0. The molecule has 0 aromatic rings. The van der Waals surface area contributed by atoms with Crippen LogP contribution in [0.1, 0.15) is 25.7 Å². The first-order valence-corrected chi connectivity index (χ1v) is 4.76.